The topological polar surface area (TPSA) is 0 Å². The van der Waals surface area contributed by atoms with Gasteiger partial charge < -0.3 is 0 Å². The molecular weight excluding hydrogens is 292 g/mol. The molecular formula is C18H24SiTi. The van der Waals surface area contributed by atoms with Crippen molar-refractivity contribution in [3.8, 4) is 0 Å². The molecule has 2 aliphatic carbocycles. The Kier molecular flexibility index (Phi) is 4.80. The van der Waals surface area contributed by atoms with E-state index in [4.69, 9.17) is 0 Å². The number of rotatable bonds is 4. The molecule has 0 N–H and O–H groups in total. The van der Waals surface area contributed by atoms with Crippen LogP contribution in [0.25, 0.3) is 0 Å². The third-order valence-corrected chi connectivity index (χ3v) is 10.8. The van der Waals surface area contributed by atoms with Crippen molar-refractivity contribution in [2.75, 3.05) is 0 Å². The third-order valence-electron chi connectivity index (χ3n) is 4.90. The first-order valence-corrected chi connectivity index (χ1v) is 11.7. The second-order valence-electron chi connectivity index (χ2n) is 6.16. The van der Waals surface area contributed by atoms with Crippen molar-refractivity contribution < 1.29 is 19.2 Å². The van der Waals surface area contributed by atoms with E-state index in [0.717, 1.165) is 4.22 Å². The fourth-order valence-corrected chi connectivity index (χ4v) is 9.80. The van der Waals surface area contributed by atoms with Crippen molar-refractivity contribution in [3.63, 3.8) is 0 Å². The molecule has 0 radical (unpaired) electrons. The monoisotopic (exact) mass is 316 g/mol. The van der Waals surface area contributed by atoms with Gasteiger partial charge in [0.2, 0.25) is 0 Å². The van der Waals surface area contributed by atoms with E-state index < -0.39 is 0 Å². The number of benzene rings is 1. The molecule has 3 rings (SSSR count). The molecule has 0 bridgehead atoms. The van der Waals surface area contributed by atoms with Crippen molar-refractivity contribution in [3.05, 3.63) is 52.6 Å². The quantitative estimate of drug-likeness (QED) is 0.742. The second kappa shape index (κ2) is 6.60. The van der Waals surface area contributed by atoms with Crippen molar-refractivity contribution in [1.82, 2.24) is 0 Å². The molecule has 1 aromatic rings. The SMILES string of the molecule is Cc1cccc([SiH2][CH2][Ti][CH]2C=CC3=C2CCCC3)c1C. The molecule has 0 spiro atoms. The Labute approximate surface area is 134 Å². The molecule has 1 aromatic carbocycles. The summed E-state index contributed by atoms with van der Waals surface area (Å²) in [6.07, 6.45) is 10.6. The summed E-state index contributed by atoms with van der Waals surface area (Å²) in [5.74, 6) is 0. The Bertz CT molecular complexity index is 557. The van der Waals surface area contributed by atoms with Crippen molar-refractivity contribution >= 4 is 14.7 Å². The van der Waals surface area contributed by atoms with Crippen LogP contribution in [-0.2, 0) is 19.2 Å². The molecule has 0 saturated heterocycles. The summed E-state index contributed by atoms with van der Waals surface area (Å²) < 4.78 is 2.50. The average Bonchev–Trinajstić information content (AvgIpc) is 2.87. The molecule has 0 saturated carbocycles. The normalized spacial score (nSPS) is 21.8. The Morgan fingerprint density at radius 1 is 1.20 bits per heavy atom. The molecule has 0 aromatic heterocycles. The van der Waals surface area contributed by atoms with Crippen molar-refractivity contribution in [2.45, 2.75) is 48.1 Å². The van der Waals surface area contributed by atoms with E-state index in [1.165, 1.54) is 31.2 Å². The van der Waals surface area contributed by atoms with Gasteiger partial charge >= 0.3 is 135 Å². The predicted molar refractivity (Wildman–Crippen MR) is 87.3 cm³/mol. The number of allylic oxidation sites excluding steroid dienone is 4. The zero-order chi connectivity index (χ0) is 13.9. The Morgan fingerprint density at radius 3 is 2.95 bits per heavy atom. The first-order chi connectivity index (χ1) is 9.75. The van der Waals surface area contributed by atoms with Gasteiger partial charge in [0.05, 0.1) is 0 Å². The van der Waals surface area contributed by atoms with Crippen LogP contribution in [0.2, 0.25) is 8.57 Å². The van der Waals surface area contributed by atoms with Gasteiger partial charge in [0, 0.05) is 0 Å². The Hall–Kier alpha value is -0.369. The molecule has 20 heavy (non-hydrogen) atoms. The van der Waals surface area contributed by atoms with Gasteiger partial charge in [0.25, 0.3) is 0 Å². The van der Waals surface area contributed by atoms with E-state index in [9.17, 15) is 0 Å². The minimum absolute atomic E-state index is 0.0318. The third kappa shape index (κ3) is 3.10. The van der Waals surface area contributed by atoms with Crippen LogP contribution in [0.3, 0.4) is 0 Å². The number of aryl methyl sites for hydroxylation is 1. The summed E-state index contributed by atoms with van der Waals surface area (Å²) in [6.45, 7) is 4.57. The maximum atomic E-state index is 2.55. The molecule has 0 amide bonds. The first kappa shape index (κ1) is 14.6. The van der Waals surface area contributed by atoms with E-state index in [1.54, 1.807) is 20.7 Å². The van der Waals surface area contributed by atoms with Gasteiger partial charge in [-0.05, 0) is 0 Å². The second-order valence-corrected chi connectivity index (χ2v) is 11.9. The van der Waals surface area contributed by atoms with Crippen molar-refractivity contribution in [1.29, 1.82) is 0 Å². The van der Waals surface area contributed by atoms with E-state index in [0.29, 0.717) is 0 Å². The van der Waals surface area contributed by atoms with E-state index >= 15 is 0 Å². The Morgan fingerprint density at radius 2 is 2.05 bits per heavy atom. The molecule has 0 aliphatic heterocycles. The van der Waals surface area contributed by atoms with Gasteiger partial charge in [0.15, 0.2) is 0 Å². The van der Waals surface area contributed by atoms with Crippen LogP contribution in [-0.4, -0.2) is 9.52 Å². The first-order valence-electron chi connectivity index (χ1n) is 7.94. The van der Waals surface area contributed by atoms with Crippen LogP contribution in [0.5, 0.6) is 0 Å². The standard InChI is InChI=1S/C9H13Si.C9H11.Ti/c1-7-5-4-6-9(10-3)8(7)2;1-2-5-9-7-3-6-8(9)4-1;/h4-6H,3,10H2,1-2H3;3,6-7H,1-2,4-5H2;. The average molecular weight is 316 g/mol. The zero-order valence-corrected chi connectivity index (χ0v) is 15.7. The molecule has 0 heterocycles. The zero-order valence-electron chi connectivity index (χ0n) is 12.7. The van der Waals surface area contributed by atoms with E-state index in [1.807, 2.05) is 5.57 Å². The van der Waals surface area contributed by atoms with Crippen LogP contribution < -0.4 is 5.19 Å². The summed E-state index contributed by atoms with van der Waals surface area (Å²) >= 11 is 0.200. The molecule has 0 fully saturated rings. The van der Waals surface area contributed by atoms with Gasteiger partial charge in [-0.25, -0.2) is 0 Å². The summed E-state index contributed by atoms with van der Waals surface area (Å²) in [5, 5.41) is 1.72. The maximum absolute atomic E-state index is 2.55. The molecule has 104 valence electrons. The molecule has 1 unspecified atom stereocenters. The van der Waals surface area contributed by atoms with Gasteiger partial charge in [-0.1, -0.05) is 0 Å². The van der Waals surface area contributed by atoms with E-state index in [2.05, 4.69) is 44.2 Å². The summed E-state index contributed by atoms with van der Waals surface area (Å²) in [6, 6.07) is 6.89. The van der Waals surface area contributed by atoms with Crippen LogP contribution in [0.1, 0.15) is 36.8 Å². The van der Waals surface area contributed by atoms with Gasteiger partial charge in [0.1, 0.15) is 0 Å². The van der Waals surface area contributed by atoms with Crippen molar-refractivity contribution in [2.24, 2.45) is 0 Å². The van der Waals surface area contributed by atoms with E-state index in [-0.39, 0.29) is 28.7 Å². The Balaban J connectivity index is 1.57. The summed E-state index contributed by atoms with van der Waals surface area (Å²) in [7, 11) is -0.0318. The summed E-state index contributed by atoms with van der Waals surface area (Å²) in [5.41, 5.74) is 6.63. The fraction of sp³-hybridized carbons (Fsp3) is 0.444. The molecule has 0 nitrogen and oxygen atoms in total. The molecule has 2 heteroatoms. The van der Waals surface area contributed by atoms with Crippen LogP contribution in [0, 0.1) is 13.8 Å². The fourth-order valence-electron chi connectivity index (χ4n) is 3.46. The van der Waals surface area contributed by atoms with Gasteiger partial charge in [-0.2, -0.15) is 0 Å². The molecule has 2 aliphatic rings. The van der Waals surface area contributed by atoms with Gasteiger partial charge in [-0.15, -0.1) is 0 Å². The number of hydrogen-bond donors (Lipinski definition) is 0. The predicted octanol–water partition coefficient (Wildman–Crippen LogP) is 3.78. The number of hydrogen-bond acceptors (Lipinski definition) is 0. The van der Waals surface area contributed by atoms with Crippen LogP contribution in [0.15, 0.2) is 41.5 Å². The van der Waals surface area contributed by atoms with Crippen LogP contribution >= 0.6 is 0 Å². The van der Waals surface area contributed by atoms with Crippen LogP contribution in [0.4, 0.5) is 0 Å². The summed E-state index contributed by atoms with van der Waals surface area (Å²) in [4.78, 5) is 0. The minimum atomic E-state index is -0.0318. The molecule has 1 atom stereocenters. The van der Waals surface area contributed by atoms with Gasteiger partial charge in [-0.3, -0.25) is 0 Å².